The number of aromatic nitrogens is 1. The van der Waals surface area contributed by atoms with Gasteiger partial charge in [0.2, 0.25) is 0 Å². The molecule has 1 unspecified atom stereocenters. The Hall–Kier alpha value is -2.30. The molecule has 0 amide bonds. The number of aromatic amines is 1. The van der Waals surface area contributed by atoms with E-state index in [-0.39, 0.29) is 17.4 Å². The van der Waals surface area contributed by atoms with Crippen LogP contribution in [0.25, 0.3) is 10.8 Å². The molecule has 0 bridgehead atoms. The number of rotatable bonds is 2. The number of H-pyrrole nitrogens is 1. The fourth-order valence-electron chi connectivity index (χ4n) is 2.71. The van der Waals surface area contributed by atoms with Gasteiger partial charge in [0, 0.05) is 18.5 Å². The average molecular weight is 272 g/mol. The minimum Gasteiger partial charge on any atom is -0.469 e. The molecule has 5 heteroatoms. The summed E-state index contributed by atoms with van der Waals surface area (Å²) in [6.07, 6.45) is 0.752. The number of hydrogen-bond donors (Lipinski definition) is 1. The molecule has 5 nitrogen and oxygen atoms in total. The fourth-order valence-corrected chi connectivity index (χ4v) is 2.71. The van der Waals surface area contributed by atoms with Crippen LogP contribution in [0.15, 0.2) is 35.1 Å². The lowest BCUT2D eigenvalue weighted by Gasteiger charge is -2.18. The largest absolute Gasteiger partial charge is 0.469 e. The molecule has 2 heterocycles. The molecule has 0 spiro atoms. The van der Waals surface area contributed by atoms with E-state index in [1.54, 1.807) is 6.07 Å². The van der Waals surface area contributed by atoms with E-state index < -0.39 is 0 Å². The van der Waals surface area contributed by atoms with Crippen molar-refractivity contribution in [2.75, 3.05) is 25.1 Å². The van der Waals surface area contributed by atoms with Gasteiger partial charge in [-0.3, -0.25) is 9.59 Å². The first-order valence-corrected chi connectivity index (χ1v) is 6.64. The lowest BCUT2D eigenvalue weighted by atomic mass is 10.1. The third-order valence-electron chi connectivity index (χ3n) is 3.80. The van der Waals surface area contributed by atoms with E-state index in [1.165, 1.54) is 7.11 Å². The number of esters is 1. The summed E-state index contributed by atoms with van der Waals surface area (Å²) in [4.78, 5) is 28.5. The maximum absolute atomic E-state index is 12.1. The molecule has 20 heavy (non-hydrogen) atoms. The van der Waals surface area contributed by atoms with Crippen molar-refractivity contribution < 1.29 is 9.53 Å². The molecule has 1 atom stereocenters. The van der Waals surface area contributed by atoms with Gasteiger partial charge in [0.05, 0.1) is 13.0 Å². The van der Waals surface area contributed by atoms with Gasteiger partial charge in [-0.2, -0.15) is 0 Å². The van der Waals surface area contributed by atoms with Gasteiger partial charge in [0.1, 0.15) is 5.82 Å². The van der Waals surface area contributed by atoms with Crippen LogP contribution >= 0.6 is 0 Å². The van der Waals surface area contributed by atoms with Crippen LogP contribution in [0.2, 0.25) is 0 Å². The SMILES string of the molecule is COC(=O)C1CCN(c2cc3ccccc3c(=O)[nH]2)C1. The van der Waals surface area contributed by atoms with E-state index in [4.69, 9.17) is 4.74 Å². The number of ether oxygens (including phenoxy) is 1. The summed E-state index contributed by atoms with van der Waals surface area (Å²) in [5.74, 6) is 0.464. The van der Waals surface area contributed by atoms with Gasteiger partial charge in [-0.25, -0.2) is 0 Å². The molecular weight excluding hydrogens is 256 g/mol. The summed E-state index contributed by atoms with van der Waals surface area (Å²) in [7, 11) is 1.41. The Labute approximate surface area is 116 Å². The van der Waals surface area contributed by atoms with Gasteiger partial charge in [-0.15, -0.1) is 0 Å². The monoisotopic (exact) mass is 272 g/mol. The van der Waals surface area contributed by atoms with Crippen molar-refractivity contribution in [1.82, 2.24) is 4.98 Å². The smallest absolute Gasteiger partial charge is 0.310 e. The van der Waals surface area contributed by atoms with Crippen LogP contribution in [0.5, 0.6) is 0 Å². The van der Waals surface area contributed by atoms with Crippen LogP contribution in [-0.2, 0) is 9.53 Å². The van der Waals surface area contributed by atoms with E-state index in [1.807, 2.05) is 29.2 Å². The average Bonchev–Trinajstić information content (AvgIpc) is 2.96. The number of benzene rings is 1. The minimum absolute atomic E-state index is 0.0976. The molecule has 0 radical (unpaired) electrons. The number of pyridine rings is 1. The first kappa shape index (κ1) is 12.7. The number of hydrogen-bond acceptors (Lipinski definition) is 4. The molecule has 2 aromatic rings. The Morgan fingerprint density at radius 1 is 1.40 bits per heavy atom. The molecule has 0 saturated carbocycles. The van der Waals surface area contributed by atoms with Crippen molar-refractivity contribution in [3.63, 3.8) is 0 Å². The lowest BCUT2D eigenvalue weighted by molar-refractivity contribution is -0.144. The topological polar surface area (TPSA) is 62.4 Å². The zero-order valence-corrected chi connectivity index (χ0v) is 11.3. The zero-order valence-electron chi connectivity index (χ0n) is 11.3. The number of methoxy groups -OCH3 is 1. The van der Waals surface area contributed by atoms with Gasteiger partial charge in [0.25, 0.3) is 5.56 Å². The quantitative estimate of drug-likeness (QED) is 0.842. The Morgan fingerprint density at radius 2 is 2.20 bits per heavy atom. The van der Waals surface area contributed by atoms with E-state index in [9.17, 15) is 9.59 Å². The molecule has 1 aromatic heterocycles. The van der Waals surface area contributed by atoms with Crippen LogP contribution < -0.4 is 10.5 Å². The lowest BCUT2D eigenvalue weighted by Crippen LogP contribution is -2.26. The molecule has 1 N–H and O–H groups in total. The predicted octanol–water partition coefficient (Wildman–Crippen LogP) is 1.53. The van der Waals surface area contributed by atoms with E-state index >= 15 is 0 Å². The van der Waals surface area contributed by atoms with Gasteiger partial charge in [-0.1, -0.05) is 18.2 Å². The molecular formula is C15H16N2O3. The van der Waals surface area contributed by atoms with Crippen molar-refractivity contribution in [3.05, 3.63) is 40.7 Å². The van der Waals surface area contributed by atoms with E-state index in [0.717, 1.165) is 24.2 Å². The normalized spacial score (nSPS) is 18.4. The zero-order chi connectivity index (χ0) is 14.1. The first-order chi connectivity index (χ1) is 9.69. The van der Waals surface area contributed by atoms with Crippen molar-refractivity contribution in [2.24, 2.45) is 5.92 Å². The van der Waals surface area contributed by atoms with Crippen molar-refractivity contribution in [3.8, 4) is 0 Å². The molecule has 104 valence electrons. The van der Waals surface area contributed by atoms with Crippen molar-refractivity contribution in [1.29, 1.82) is 0 Å². The summed E-state index contributed by atoms with van der Waals surface area (Å²) in [5, 5.41) is 1.59. The fraction of sp³-hybridized carbons (Fsp3) is 0.333. The van der Waals surface area contributed by atoms with E-state index in [0.29, 0.717) is 11.9 Å². The maximum Gasteiger partial charge on any atom is 0.310 e. The van der Waals surface area contributed by atoms with Crippen molar-refractivity contribution in [2.45, 2.75) is 6.42 Å². The standard InChI is InChI=1S/C15H16N2O3/c1-20-15(19)11-6-7-17(9-11)13-8-10-4-2-3-5-12(10)14(18)16-13/h2-5,8,11H,6-7,9H2,1H3,(H,16,18). The maximum atomic E-state index is 12.1. The first-order valence-electron chi connectivity index (χ1n) is 6.64. The van der Waals surface area contributed by atoms with Crippen LogP contribution in [0.3, 0.4) is 0 Å². The summed E-state index contributed by atoms with van der Waals surface area (Å²) in [6.45, 7) is 1.33. The third kappa shape index (κ3) is 2.15. The van der Waals surface area contributed by atoms with Crippen LogP contribution in [0, 0.1) is 5.92 Å². The van der Waals surface area contributed by atoms with Crippen molar-refractivity contribution >= 4 is 22.6 Å². The second-order valence-corrected chi connectivity index (χ2v) is 5.03. The Bertz CT molecular complexity index is 708. The van der Waals surface area contributed by atoms with Gasteiger partial charge < -0.3 is 14.6 Å². The highest BCUT2D eigenvalue weighted by Crippen LogP contribution is 2.24. The number of fused-ring (bicyclic) bond motifs is 1. The Kier molecular flexibility index (Phi) is 3.18. The molecule has 1 saturated heterocycles. The molecule has 1 aliphatic heterocycles. The summed E-state index contributed by atoms with van der Waals surface area (Å²) >= 11 is 0. The van der Waals surface area contributed by atoms with Crippen LogP contribution in [0.4, 0.5) is 5.82 Å². The number of anilines is 1. The van der Waals surface area contributed by atoms with Crippen LogP contribution in [-0.4, -0.2) is 31.2 Å². The highest BCUT2D eigenvalue weighted by atomic mass is 16.5. The van der Waals surface area contributed by atoms with Gasteiger partial charge in [-0.05, 0) is 23.9 Å². The minimum atomic E-state index is -0.185. The number of nitrogens with one attached hydrogen (secondary N) is 1. The summed E-state index contributed by atoms with van der Waals surface area (Å²) in [5.41, 5.74) is -0.0976. The number of carbonyl (C=O) groups excluding carboxylic acids is 1. The highest BCUT2D eigenvalue weighted by Gasteiger charge is 2.29. The predicted molar refractivity (Wildman–Crippen MR) is 76.9 cm³/mol. The summed E-state index contributed by atoms with van der Waals surface area (Å²) < 4.78 is 4.77. The third-order valence-corrected chi connectivity index (χ3v) is 3.80. The van der Waals surface area contributed by atoms with E-state index in [2.05, 4.69) is 4.98 Å². The second-order valence-electron chi connectivity index (χ2n) is 5.03. The highest BCUT2D eigenvalue weighted by molar-refractivity contribution is 5.84. The molecule has 1 fully saturated rings. The Morgan fingerprint density at radius 3 is 3.00 bits per heavy atom. The van der Waals surface area contributed by atoms with Crippen LogP contribution in [0.1, 0.15) is 6.42 Å². The Balaban J connectivity index is 1.92. The van der Waals surface area contributed by atoms with Gasteiger partial charge >= 0.3 is 5.97 Å². The number of nitrogens with zero attached hydrogens (tertiary/aromatic N) is 1. The summed E-state index contributed by atoms with van der Waals surface area (Å²) in [6, 6.07) is 9.44. The molecule has 1 aliphatic rings. The second kappa shape index (κ2) is 5.00. The van der Waals surface area contributed by atoms with Gasteiger partial charge in [0.15, 0.2) is 0 Å². The molecule has 1 aromatic carbocycles. The molecule has 3 rings (SSSR count). The number of carbonyl (C=O) groups is 1. The molecule has 0 aliphatic carbocycles.